The van der Waals surface area contributed by atoms with Crippen LogP contribution in [0.25, 0.3) is 16.8 Å². The molecule has 4 aromatic rings. The number of hydrogen-bond donors (Lipinski definition) is 0. The molecule has 1 heterocycles. The zero-order valence-corrected chi connectivity index (χ0v) is 22.6. The molecule has 4 nitrogen and oxygen atoms in total. The molecule has 0 unspecified atom stereocenters. The minimum Gasteiger partial charge on any atom is -0.487 e. The summed E-state index contributed by atoms with van der Waals surface area (Å²) >= 11 is 4.60. The number of nitrogens with zero attached hydrogens (tertiary/aromatic N) is 2. The monoisotopic (exact) mass is 670 g/mol. The number of hydrogen-bond acceptors (Lipinski definition) is 3. The van der Waals surface area contributed by atoms with Crippen molar-refractivity contribution in [2.45, 2.75) is 13.5 Å². The van der Waals surface area contributed by atoms with Crippen molar-refractivity contribution in [3.63, 3.8) is 0 Å². The third-order valence-electron chi connectivity index (χ3n) is 5.65. The van der Waals surface area contributed by atoms with E-state index in [1.54, 1.807) is 0 Å². The van der Waals surface area contributed by atoms with Gasteiger partial charge in [0.15, 0.2) is 0 Å². The van der Waals surface area contributed by atoms with Gasteiger partial charge in [0.2, 0.25) is 0 Å². The summed E-state index contributed by atoms with van der Waals surface area (Å²) in [6.45, 7) is 2.36. The molecule has 1 amide bonds. The lowest BCUT2D eigenvalue weighted by atomic mass is 10.1. The van der Waals surface area contributed by atoms with E-state index in [0.717, 1.165) is 29.7 Å². The van der Waals surface area contributed by atoms with Gasteiger partial charge in [-0.25, -0.2) is 0 Å². The minimum absolute atomic E-state index is 0.120. The lowest BCUT2D eigenvalue weighted by Gasteiger charge is -2.13. The van der Waals surface area contributed by atoms with Crippen LogP contribution < -0.4 is 9.75 Å². The Labute approximate surface area is 225 Å². The maximum Gasteiger partial charge on any atom is 0.280 e. The second-order valence-corrected chi connectivity index (χ2v) is 10.3. The van der Waals surface area contributed by atoms with Gasteiger partial charge in [-0.15, -0.1) is 0 Å². The molecular weight excluding hydrogens is 650 g/mol. The Morgan fingerprint density at radius 2 is 1.59 bits per heavy atom. The minimum atomic E-state index is -0.120. The van der Waals surface area contributed by atoms with Crippen LogP contribution in [0.3, 0.4) is 0 Å². The number of para-hydroxylation sites is 1. The van der Waals surface area contributed by atoms with Crippen LogP contribution in [0.5, 0.6) is 5.75 Å². The van der Waals surface area contributed by atoms with Crippen LogP contribution in [0.1, 0.15) is 18.1 Å². The fourth-order valence-electron chi connectivity index (χ4n) is 3.96. The molecule has 34 heavy (non-hydrogen) atoms. The molecule has 0 bridgehead atoms. The summed E-state index contributed by atoms with van der Waals surface area (Å²) in [5.74, 6) is 0.732. The lowest BCUT2D eigenvalue weighted by molar-refractivity contribution is -0.114. The van der Waals surface area contributed by atoms with Crippen LogP contribution in [0.2, 0.25) is 0 Å². The van der Waals surface area contributed by atoms with Gasteiger partial charge in [-0.1, -0.05) is 60.7 Å². The third kappa shape index (κ3) is 4.61. The van der Waals surface area contributed by atoms with E-state index >= 15 is 0 Å². The predicted molar refractivity (Wildman–Crippen MR) is 155 cm³/mol. The van der Waals surface area contributed by atoms with Crippen molar-refractivity contribution in [3.8, 4) is 5.75 Å². The Morgan fingerprint density at radius 1 is 0.912 bits per heavy atom. The first-order valence-electron chi connectivity index (χ1n) is 10.8. The molecule has 0 saturated carbocycles. The number of rotatable bonds is 5. The van der Waals surface area contributed by atoms with Gasteiger partial charge < -0.3 is 4.74 Å². The molecule has 0 aromatic heterocycles. The van der Waals surface area contributed by atoms with Crippen LogP contribution in [0.4, 0.5) is 5.69 Å². The zero-order valence-electron chi connectivity index (χ0n) is 18.3. The Hall–Kier alpha value is -2.72. The number of amides is 1. The van der Waals surface area contributed by atoms with E-state index in [1.807, 2.05) is 61.5 Å². The van der Waals surface area contributed by atoms with Gasteiger partial charge in [0, 0.05) is 0 Å². The molecule has 0 saturated heterocycles. The highest BCUT2D eigenvalue weighted by Crippen LogP contribution is 2.32. The quantitative estimate of drug-likeness (QED) is 0.164. The largest absolute Gasteiger partial charge is 0.487 e. The summed E-state index contributed by atoms with van der Waals surface area (Å²) in [5, 5.41) is 8.34. The second kappa shape index (κ2) is 9.87. The molecule has 6 heteroatoms. The third-order valence-corrected chi connectivity index (χ3v) is 7.25. The molecule has 0 atom stereocenters. The van der Waals surface area contributed by atoms with Crippen LogP contribution in [-0.2, 0) is 11.4 Å². The number of fused-ring (bicyclic) bond motifs is 1. The number of carbonyl (C=O) groups is 1. The lowest BCUT2D eigenvalue weighted by Crippen LogP contribution is -2.21. The second-order valence-electron chi connectivity index (χ2n) is 7.94. The van der Waals surface area contributed by atoms with E-state index in [-0.39, 0.29) is 5.91 Å². The number of hydrazone groups is 1. The highest BCUT2D eigenvalue weighted by Gasteiger charge is 2.28. The first kappa shape index (κ1) is 23.0. The normalized spacial score (nSPS) is 14.7. The molecule has 1 aliphatic heterocycles. The summed E-state index contributed by atoms with van der Waals surface area (Å²) in [5.41, 5.74) is 4.16. The van der Waals surface area contributed by atoms with Crippen molar-refractivity contribution in [1.29, 1.82) is 0 Å². The summed E-state index contributed by atoms with van der Waals surface area (Å²) in [7, 11) is 0. The number of ether oxygens (including phenoxy) is 1. The molecule has 4 aromatic carbocycles. The van der Waals surface area contributed by atoms with E-state index in [1.165, 1.54) is 15.8 Å². The topological polar surface area (TPSA) is 41.9 Å². The van der Waals surface area contributed by atoms with Crippen molar-refractivity contribution in [3.05, 3.63) is 109 Å². The molecule has 168 valence electrons. The standard InChI is InChI=1S/C28H20I2N2O2/c1-18-24(28(33)32(31-18)22-11-3-2-4-12-22)14-19-15-25(29)27(26(30)16-19)34-17-21-10-7-9-20-8-5-6-13-23(20)21/h2-16H,17H2,1H3/b24-14+. The van der Waals surface area contributed by atoms with Crippen molar-refractivity contribution in [2.75, 3.05) is 5.01 Å². The molecule has 0 fully saturated rings. The summed E-state index contributed by atoms with van der Waals surface area (Å²) in [6.07, 6.45) is 1.91. The average molecular weight is 670 g/mol. The van der Waals surface area contributed by atoms with E-state index in [0.29, 0.717) is 17.9 Å². The predicted octanol–water partition coefficient (Wildman–Crippen LogP) is 7.43. The number of anilines is 1. The zero-order chi connectivity index (χ0) is 23.7. The molecule has 1 aliphatic rings. The molecule has 0 radical (unpaired) electrons. The Kier molecular flexibility index (Phi) is 6.69. The van der Waals surface area contributed by atoms with Gasteiger partial charge in [-0.2, -0.15) is 10.1 Å². The van der Waals surface area contributed by atoms with Gasteiger partial charge in [0.05, 0.1) is 24.1 Å². The summed E-state index contributed by atoms with van der Waals surface area (Å²) < 4.78 is 8.26. The molecule has 5 rings (SSSR count). The van der Waals surface area contributed by atoms with Crippen LogP contribution in [0.15, 0.2) is 95.6 Å². The first-order valence-corrected chi connectivity index (χ1v) is 12.9. The van der Waals surface area contributed by atoms with Gasteiger partial charge in [-0.05, 0) is 104 Å². The number of halogens is 2. The van der Waals surface area contributed by atoms with Crippen molar-refractivity contribution in [1.82, 2.24) is 0 Å². The van der Waals surface area contributed by atoms with Gasteiger partial charge in [0.1, 0.15) is 12.4 Å². The molecule has 0 aliphatic carbocycles. The number of benzene rings is 4. The van der Waals surface area contributed by atoms with Crippen LogP contribution in [0, 0.1) is 7.14 Å². The van der Waals surface area contributed by atoms with Gasteiger partial charge >= 0.3 is 0 Å². The molecule has 0 spiro atoms. The summed E-state index contributed by atoms with van der Waals surface area (Å²) in [4.78, 5) is 13.0. The highest BCUT2D eigenvalue weighted by atomic mass is 127. The smallest absolute Gasteiger partial charge is 0.280 e. The molecule has 0 N–H and O–H groups in total. The summed E-state index contributed by atoms with van der Waals surface area (Å²) in [6, 6.07) is 28.2. The van der Waals surface area contributed by atoms with E-state index in [9.17, 15) is 4.79 Å². The highest BCUT2D eigenvalue weighted by molar-refractivity contribution is 14.1. The Bertz CT molecular complexity index is 1430. The Morgan fingerprint density at radius 3 is 2.35 bits per heavy atom. The van der Waals surface area contributed by atoms with Gasteiger partial charge in [0.25, 0.3) is 5.91 Å². The van der Waals surface area contributed by atoms with E-state index in [2.05, 4.69) is 86.7 Å². The number of carbonyl (C=O) groups excluding carboxylic acids is 1. The maximum absolute atomic E-state index is 13.0. The SMILES string of the molecule is CC1=NN(c2ccccc2)C(=O)/C1=C/c1cc(I)c(OCc2cccc3ccccc23)c(I)c1. The van der Waals surface area contributed by atoms with Crippen LogP contribution in [-0.4, -0.2) is 11.6 Å². The van der Waals surface area contributed by atoms with E-state index < -0.39 is 0 Å². The average Bonchev–Trinajstić information content (AvgIpc) is 3.12. The van der Waals surface area contributed by atoms with Gasteiger partial charge in [-0.3, -0.25) is 4.79 Å². The Balaban J connectivity index is 1.39. The van der Waals surface area contributed by atoms with Crippen molar-refractivity contribution >= 4 is 79.3 Å². The fraction of sp³-hybridized carbons (Fsp3) is 0.0714. The fourth-order valence-corrected chi connectivity index (χ4v) is 6.09. The van der Waals surface area contributed by atoms with Crippen LogP contribution >= 0.6 is 45.2 Å². The first-order chi connectivity index (χ1) is 16.5. The molecular formula is C28H20I2N2O2. The van der Waals surface area contributed by atoms with E-state index in [4.69, 9.17) is 4.74 Å². The van der Waals surface area contributed by atoms with Crippen molar-refractivity contribution < 1.29 is 9.53 Å². The van der Waals surface area contributed by atoms with Crippen molar-refractivity contribution in [2.24, 2.45) is 5.10 Å². The maximum atomic E-state index is 13.0.